The molecule has 2 heterocycles. The van der Waals surface area contributed by atoms with Gasteiger partial charge in [0.05, 0.1) is 11.7 Å². The number of benzene rings is 1. The van der Waals surface area contributed by atoms with Gasteiger partial charge in [-0.25, -0.2) is 4.79 Å². The van der Waals surface area contributed by atoms with E-state index in [2.05, 4.69) is 5.10 Å². The van der Waals surface area contributed by atoms with Crippen LogP contribution < -0.4 is 4.90 Å². The van der Waals surface area contributed by atoms with Crippen LogP contribution in [0.4, 0.5) is 5.69 Å². The van der Waals surface area contributed by atoms with Crippen LogP contribution >= 0.6 is 11.3 Å². The van der Waals surface area contributed by atoms with E-state index in [1.54, 1.807) is 10.9 Å². The van der Waals surface area contributed by atoms with Gasteiger partial charge in [0.25, 0.3) is 0 Å². The maximum Gasteiger partial charge on any atom is 0.346 e. The second-order valence-electron chi connectivity index (χ2n) is 4.65. The van der Waals surface area contributed by atoms with Gasteiger partial charge in [-0.05, 0) is 16.8 Å². The van der Waals surface area contributed by atoms with Gasteiger partial charge in [-0.2, -0.15) is 5.10 Å². The van der Waals surface area contributed by atoms with E-state index in [-0.39, 0.29) is 0 Å². The first kappa shape index (κ1) is 12.0. The Bertz CT molecular complexity index is 801. The van der Waals surface area contributed by atoms with Gasteiger partial charge < -0.3 is 10.0 Å². The lowest BCUT2D eigenvalue weighted by molar-refractivity contribution is 0.0704. The number of rotatable bonds is 2. The molecule has 6 heteroatoms. The zero-order valence-electron chi connectivity index (χ0n) is 10.8. The lowest BCUT2D eigenvalue weighted by Crippen LogP contribution is -2.09. The molecule has 0 fully saturated rings. The van der Waals surface area contributed by atoms with Gasteiger partial charge in [0.2, 0.25) is 0 Å². The number of aromatic carboxylic acids is 1. The molecular formula is C13H13N3O2S. The summed E-state index contributed by atoms with van der Waals surface area (Å²) in [6.07, 6.45) is 1.79. The normalized spacial score (nSPS) is 11.3. The molecular weight excluding hydrogens is 262 g/mol. The number of carbonyl (C=O) groups is 1. The van der Waals surface area contributed by atoms with Crippen molar-refractivity contribution in [1.29, 1.82) is 0 Å². The number of nitrogens with zero attached hydrogens (tertiary/aromatic N) is 3. The average Bonchev–Trinajstić information content (AvgIpc) is 2.91. The Hall–Kier alpha value is -2.08. The van der Waals surface area contributed by atoms with E-state index in [1.807, 2.05) is 37.5 Å². The third kappa shape index (κ3) is 1.60. The maximum absolute atomic E-state index is 11.3. The molecule has 0 aliphatic rings. The van der Waals surface area contributed by atoms with E-state index < -0.39 is 5.97 Å². The Morgan fingerprint density at radius 1 is 1.47 bits per heavy atom. The Kier molecular flexibility index (Phi) is 2.50. The van der Waals surface area contributed by atoms with Crippen LogP contribution in [0.3, 0.4) is 0 Å². The van der Waals surface area contributed by atoms with E-state index in [0.29, 0.717) is 4.88 Å². The minimum atomic E-state index is -0.889. The molecule has 2 aromatic heterocycles. The lowest BCUT2D eigenvalue weighted by atomic mass is 10.1. The molecule has 0 radical (unpaired) electrons. The van der Waals surface area contributed by atoms with E-state index in [4.69, 9.17) is 0 Å². The molecule has 19 heavy (non-hydrogen) atoms. The topological polar surface area (TPSA) is 58.4 Å². The van der Waals surface area contributed by atoms with Crippen LogP contribution in [0.2, 0.25) is 0 Å². The molecule has 3 aromatic rings. The van der Waals surface area contributed by atoms with E-state index in [1.165, 1.54) is 11.3 Å². The van der Waals surface area contributed by atoms with Gasteiger partial charge in [0, 0.05) is 37.6 Å². The first-order chi connectivity index (χ1) is 9.00. The smallest absolute Gasteiger partial charge is 0.346 e. The van der Waals surface area contributed by atoms with Crippen molar-refractivity contribution < 1.29 is 9.90 Å². The minimum Gasteiger partial charge on any atom is -0.477 e. The van der Waals surface area contributed by atoms with Crippen molar-refractivity contribution in [2.24, 2.45) is 7.05 Å². The molecule has 0 saturated carbocycles. The van der Waals surface area contributed by atoms with Gasteiger partial charge in [0.15, 0.2) is 0 Å². The van der Waals surface area contributed by atoms with Crippen molar-refractivity contribution in [2.75, 3.05) is 19.0 Å². The highest BCUT2D eigenvalue weighted by atomic mass is 32.1. The highest BCUT2D eigenvalue weighted by Crippen LogP contribution is 2.37. The number of carboxylic acids is 1. The summed E-state index contributed by atoms with van der Waals surface area (Å²) in [5.41, 5.74) is 1.92. The molecule has 0 saturated heterocycles. The van der Waals surface area contributed by atoms with Crippen LogP contribution in [-0.4, -0.2) is 35.0 Å². The van der Waals surface area contributed by atoms with Gasteiger partial charge in [-0.15, -0.1) is 11.3 Å². The molecule has 98 valence electrons. The summed E-state index contributed by atoms with van der Waals surface area (Å²) in [7, 11) is 5.78. The minimum absolute atomic E-state index is 0.369. The fraction of sp³-hybridized carbons (Fsp3) is 0.231. The quantitative estimate of drug-likeness (QED) is 0.781. The number of thiophene rings is 1. The summed E-state index contributed by atoms with van der Waals surface area (Å²) < 4.78 is 1.74. The second kappa shape index (κ2) is 3.96. The standard InChI is InChI=1S/C13H13N3O2S/c1-15(2)9-4-7-6-19-12(13(17)18)10(7)11-8(9)5-14-16(11)3/h4-6H,1-3H3,(H,17,18). The van der Waals surface area contributed by atoms with Gasteiger partial charge >= 0.3 is 5.97 Å². The largest absolute Gasteiger partial charge is 0.477 e. The van der Waals surface area contributed by atoms with E-state index >= 15 is 0 Å². The molecule has 5 nitrogen and oxygen atoms in total. The molecule has 0 unspecified atom stereocenters. The highest BCUT2D eigenvalue weighted by molar-refractivity contribution is 7.13. The Morgan fingerprint density at radius 2 is 2.21 bits per heavy atom. The zero-order chi connectivity index (χ0) is 13.7. The summed E-state index contributed by atoms with van der Waals surface area (Å²) in [4.78, 5) is 13.7. The number of hydrogen-bond donors (Lipinski definition) is 1. The fourth-order valence-electron chi connectivity index (χ4n) is 2.40. The predicted molar refractivity (Wildman–Crippen MR) is 77.4 cm³/mol. The highest BCUT2D eigenvalue weighted by Gasteiger charge is 2.19. The molecule has 3 rings (SSSR count). The monoisotopic (exact) mass is 275 g/mol. The molecule has 1 N–H and O–H groups in total. The van der Waals surface area contributed by atoms with Crippen molar-refractivity contribution in [1.82, 2.24) is 9.78 Å². The van der Waals surface area contributed by atoms with Crippen LogP contribution in [0.15, 0.2) is 17.6 Å². The number of fused-ring (bicyclic) bond motifs is 3. The average molecular weight is 275 g/mol. The zero-order valence-corrected chi connectivity index (χ0v) is 11.7. The van der Waals surface area contributed by atoms with E-state index in [9.17, 15) is 9.90 Å². The maximum atomic E-state index is 11.3. The third-order valence-corrected chi connectivity index (χ3v) is 4.23. The summed E-state index contributed by atoms with van der Waals surface area (Å²) >= 11 is 1.26. The van der Waals surface area contributed by atoms with Crippen LogP contribution in [0, 0.1) is 0 Å². The van der Waals surface area contributed by atoms with Crippen LogP contribution in [0.5, 0.6) is 0 Å². The molecule has 1 aromatic carbocycles. The SMILES string of the molecule is CN(C)c1cc2csc(C(=O)O)c2c2c1cnn2C. The van der Waals surface area contributed by atoms with Crippen LogP contribution in [0.25, 0.3) is 21.7 Å². The van der Waals surface area contributed by atoms with Crippen molar-refractivity contribution in [2.45, 2.75) is 0 Å². The summed E-state index contributed by atoms with van der Waals surface area (Å²) in [6.45, 7) is 0. The summed E-state index contributed by atoms with van der Waals surface area (Å²) in [5, 5.41) is 18.2. The number of carboxylic acid groups (broad SMARTS) is 1. The first-order valence-corrected chi connectivity index (χ1v) is 6.65. The molecule has 0 bridgehead atoms. The summed E-state index contributed by atoms with van der Waals surface area (Å²) in [6, 6.07) is 2.02. The predicted octanol–water partition coefficient (Wildman–Crippen LogP) is 2.55. The molecule has 0 spiro atoms. The van der Waals surface area contributed by atoms with E-state index in [0.717, 1.165) is 27.4 Å². The van der Waals surface area contributed by atoms with Crippen molar-refractivity contribution >= 4 is 44.7 Å². The number of aromatic nitrogens is 2. The second-order valence-corrected chi connectivity index (χ2v) is 5.53. The van der Waals surface area contributed by atoms with Crippen molar-refractivity contribution in [3.05, 3.63) is 22.5 Å². The molecule has 0 aliphatic carbocycles. The van der Waals surface area contributed by atoms with Crippen LogP contribution in [-0.2, 0) is 7.05 Å². The molecule has 0 aliphatic heterocycles. The Balaban J connectivity index is 2.56. The van der Waals surface area contributed by atoms with Crippen molar-refractivity contribution in [3.63, 3.8) is 0 Å². The number of hydrogen-bond acceptors (Lipinski definition) is 4. The Labute approximate surface area is 113 Å². The van der Waals surface area contributed by atoms with Crippen molar-refractivity contribution in [3.8, 4) is 0 Å². The first-order valence-electron chi connectivity index (χ1n) is 5.77. The number of anilines is 1. The van der Waals surface area contributed by atoms with Gasteiger partial charge in [0.1, 0.15) is 4.88 Å². The Morgan fingerprint density at radius 3 is 2.84 bits per heavy atom. The molecule has 0 amide bonds. The fourth-order valence-corrected chi connectivity index (χ4v) is 3.26. The summed E-state index contributed by atoms with van der Waals surface area (Å²) in [5.74, 6) is -0.889. The lowest BCUT2D eigenvalue weighted by Gasteiger charge is -2.14. The van der Waals surface area contributed by atoms with Crippen LogP contribution in [0.1, 0.15) is 9.67 Å². The molecule has 0 atom stereocenters. The number of aryl methyl sites for hydroxylation is 1. The van der Waals surface area contributed by atoms with Gasteiger partial charge in [-0.3, -0.25) is 4.68 Å². The third-order valence-electron chi connectivity index (χ3n) is 3.24. The van der Waals surface area contributed by atoms with Gasteiger partial charge in [-0.1, -0.05) is 0 Å².